The first-order valence-electron chi connectivity index (χ1n) is 11.4. The molecule has 1 aliphatic carbocycles. The fraction of sp³-hybridized carbons (Fsp3) is 0.478. The molecular formula is C23H25ClF3N5O3. The van der Waals surface area contributed by atoms with Crippen molar-refractivity contribution in [3.63, 3.8) is 0 Å². The van der Waals surface area contributed by atoms with Crippen molar-refractivity contribution in [3.05, 3.63) is 47.1 Å². The Hall–Kier alpha value is -3.08. The first kappa shape index (κ1) is 25.0. The van der Waals surface area contributed by atoms with E-state index in [1.807, 2.05) is 0 Å². The first-order chi connectivity index (χ1) is 16.8. The van der Waals surface area contributed by atoms with Crippen LogP contribution in [-0.2, 0) is 4.79 Å². The third kappa shape index (κ3) is 6.14. The number of nitrogens with zero attached hydrogens (tertiary/aromatic N) is 4. The SMILES string of the molecule is O=C(CCOc1ccc(Cl)c(F)c1)N[C@H]1CC[C@H](N2CCN(c3cnc(C(F)F)cn3)C2=O)CC1. The minimum Gasteiger partial charge on any atom is -0.493 e. The number of carbonyl (C=O) groups excluding carboxylic acids is 2. The van der Waals surface area contributed by atoms with E-state index in [2.05, 4.69) is 15.3 Å². The third-order valence-corrected chi connectivity index (χ3v) is 6.50. The largest absolute Gasteiger partial charge is 0.493 e. The highest BCUT2D eigenvalue weighted by Crippen LogP contribution is 2.28. The van der Waals surface area contributed by atoms with Gasteiger partial charge in [0.05, 0.1) is 30.4 Å². The van der Waals surface area contributed by atoms with E-state index in [0.717, 1.165) is 31.9 Å². The van der Waals surface area contributed by atoms with Crippen molar-refractivity contribution in [3.8, 4) is 5.75 Å². The summed E-state index contributed by atoms with van der Waals surface area (Å²) < 4.78 is 44.2. The lowest BCUT2D eigenvalue weighted by Crippen LogP contribution is -2.45. The lowest BCUT2D eigenvalue weighted by molar-refractivity contribution is -0.122. The fourth-order valence-electron chi connectivity index (χ4n) is 4.35. The van der Waals surface area contributed by atoms with Gasteiger partial charge in [-0.2, -0.15) is 0 Å². The second-order valence-electron chi connectivity index (χ2n) is 8.48. The molecule has 0 radical (unpaired) electrons. The normalized spacial score (nSPS) is 20.4. The molecule has 1 aromatic heterocycles. The molecule has 1 N–H and O–H groups in total. The average Bonchev–Trinajstić information content (AvgIpc) is 3.23. The molecule has 0 spiro atoms. The van der Waals surface area contributed by atoms with E-state index in [0.29, 0.717) is 18.8 Å². The molecule has 2 aromatic rings. The molecule has 3 amide bonds. The molecule has 1 aromatic carbocycles. The number of hydrogen-bond acceptors (Lipinski definition) is 5. The Labute approximate surface area is 205 Å². The Bertz CT molecular complexity index is 1050. The summed E-state index contributed by atoms with van der Waals surface area (Å²) in [5.41, 5.74) is -0.428. The molecule has 1 aliphatic heterocycles. The van der Waals surface area contributed by atoms with Gasteiger partial charge in [0.2, 0.25) is 5.91 Å². The lowest BCUT2D eigenvalue weighted by atomic mass is 9.90. The number of aromatic nitrogens is 2. The molecule has 2 fully saturated rings. The van der Waals surface area contributed by atoms with Crippen molar-refractivity contribution in [2.75, 3.05) is 24.6 Å². The fourth-order valence-corrected chi connectivity index (χ4v) is 4.47. The third-order valence-electron chi connectivity index (χ3n) is 6.19. The van der Waals surface area contributed by atoms with Gasteiger partial charge in [-0.15, -0.1) is 0 Å². The van der Waals surface area contributed by atoms with Gasteiger partial charge in [-0.1, -0.05) is 11.6 Å². The van der Waals surface area contributed by atoms with Gasteiger partial charge in [0.15, 0.2) is 5.82 Å². The molecule has 2 heterocycles. The van der Waals surface area contributed by atoms with Crippen LogP contribution < -0.4 is 15.0 Å². The molecule has 0 bridgehead atoms. The number of carbonyl (C=O) groups is 2. The smallest absolute Gasteiger partial charge is 0.326 e. The van der Waals surface area contributed by atoms with Gasteiger partial charge in [0.25, 0.3) is 6.43 Å². The van der Waals surface area contributed by atoms with E-state index in [1.165, 1.54) is 29.3 Å². The highest BCUT2D eigenvalue weighted by atomic mass is 35.5. The number of rotatable bonds is 8. The quantitative estimate of drug-likeness (QED) is 0.569. The standard InChI is InChI=1S/C23H25ClF3N5O3/c24-17-6-5-16(11-18(17)25)35-10-7-21(33)30-14-1-3-15(4-2-14)31-8-9-32(23(31)34)20-13-28-19(12-29-20)22(26)27/h5-6,11-15,22H,1-4,7-10H2,(H,30,33)/t14-,15-. The lowest BCUT2D eigenvalue weighted by Gasteiger charge is -2.34. The maximum Gasteiger partial charge on any atom is 0.326 e. The van der Waals surface area contributed by atoms with Gasteiger partial charge in [-0.05, 0) is 37.8 Å². The number of amides is 3. The Morgan fingerprint density at radius 3 is 2.60 bits per heavy atom. The van der Waals surface area contributed by atoms with Crippen molar-refractivity contribution >= 4 is 29.4 Å². The molecule has 0 atom stereocenters. The second-order valence-corrected chi connectivity index (χ2v) is 8.88. The van der Waals surface area contributed by atoms with Crippen LogP contribution in [0, 0.1) is 5.82 Å². The maximum absolute atomic E-state index is 13.4. The molecule has 2 aliphatic rings. The number of halogens is 4. The average molecular weight is 512 g/mol. The molecule has 1 saturated heterocycles. The topological polar surface area (TPSA) is 87.7 Å². The predicted octanol–water partition coefficient (Wildman–Crippen LogP) is 4.35. The molecule has 0 unspecified atom stereocenters. The van der Waals surface area contributed by atoms with E-state index < -0.39 is 17.9 Å². The van der Waals surface area contributed by atoms with Crippen LogP contribution >= 0.6 is 11.6 Å². The number of benzene rings is 1. The Balaban J connectivity index is 1.19. The summed E-state index contributed by atoms with van der Waals surface area (Å²) in [7, 11) is 0. The van der Waals surface area contributed by atoms with Crippen molar-refractivity contribution in [1.29, 1.82) is 0 Å². The maximum atomic E-state index is 13.4. The van der Waals surface area contributed by atoms with Gasteiger partial charge in [-0.25, -0.2) is 27.9 Å². The molecular weight excluding hydrogens is 487 g/mol. The molecule has 1 saturated carbocycles. The van der Waals surface area contributed by atoms with Crippen LogP contribution in [-0.4, -0.2) is 58.6 Å². The van der Waals surface area contributed by atoms with E-state index in [9.17, 15) is 22.8 Å². The Morgan fingerprint density at radius 2 is 1.94 bits per heavy atom. The molecule has 188 valence electrons. The Kier molecular flexibility index (Phi) is 7.94. The van der Waals surface area contributed by atoms with E-state index in [1.54, 1.807) is 4.90 Å². The minimum atomic E-state index is -2.71. The van der Waals surface area contributed by atoms with Crippen LogP contribution in [0.4, 0.5) is 23.8 Å². The van der Waals surface area contributed by atoms with Crippen LogP contribution in [0.1, 0.15) is 44.2 Å². The van der Waals surface area contributed by atoms with E-state index in [4.69, 9.17) is 16.3 Å². The van der Waals surface area contributed by atoms with Gasteiger partial charge < -0.3 is 15.0 Å². The molecule has 4 rings (SSSR count). The first-order valence-corrected chi connectivity index (χ1v) is 11.7. The number of urea groups is 1. The van der Waals surface area contributed by atoms with Gasteiger partial charge in [0, 0.05) is 31.2 Å². The summed E-state index contributed by atoms with van der Waals surface area (Å²) in [5.74, 6) is -0.174. The summed E-state index contributed by atoms with van der Waals surface area (Å²) in [6, 6.07) is 3.94. The summed E-state index contributed by atoms with van der Waals surface area (Å²) in [6.45, 7) is 1.04. The summed E-state index contributed by atoms with van der Waals surface area (Å²) in [5, 5.41) is 3.00. The summed E-state index contributed by atoms with van der Waals surface area (Å²) in [4.78, 5) is 36.0. The van der Waals surface area contributed by atoms with Crippen LogP contribution in [0.5, 0.6) is 5.75 Å². The number of nitrogens with one attached hydrogen (secondary N) is 1. The molecule has 8 nitrogen and oxygen atoms in total. The zero-order chi connectivity index (χ0) is 24.9. The monoisotopic (exact) mass is 511 g/mol. The number of ether oxygens (including phenoxy) is 1. The Morgan fingerprint density at radius 1 is 1.17 bits per heavy atom. The van der Waals surface area contributed by atoms with Crippen LogP contribution in [0.15, 0.2) is 30.6 Å². The van der Waals surface area contributed by atoms with Crippen LogP contribution in [0.25, 0.3) is 0 Å². The molecule has 12 heteroatoms. The minimum absolute atomic E-state index is 0.00577. The van der Waals surface area contributed by atoms with Crippen molar-refractivity contribution in [1.82, 2.24) is 20.2 Å². The number of alkyl halides is 2. The summed E-state index contributed by atoms with van der Waals surface area (Å²) in [6.07, 6.45) is 2.54. The van der Waals surface area contributed by atoms with Gasteiger partial charge >= 0.3 is 6.03 Å². The van der Waals surface area contributed by atoms with Crippen molar-refractivity contribution < 1.29 is 27.5 Å². The van der Waals surface area contributed by atoms with Crippen LogP contribution in [0.2, 0.25) is 5.02 Å². The van der Waals surface area contributed by atoms with Crippen molar-refractivity contribution in [2.24, 2.45) is 0 Å². The highest BCUT2D eigenvalue weighted by Gasteiger charge is 2.37. The number of hydrogen-bond donors (Lipinski definition) is 1. The zero-order valence-electron chi connectivity index (χ0n) is 18.8. The van der Waals surface area contributed by atoms with Crippen LogP contribution in [0.3, 0.4) is 0 Å². The van der Waals surface area contributed by atoms with E-state index >= 15 is 0 Å². The predicted molar refractivity (Wildman–Crippen MR) is 122 cm³/mol. The van der Waals surface area contributed by atoms with Gasteiger partial charge in [0.1, 0.15) is 17.3 Å². The van der Waals surface area contributed by atoms with Gasteiger partial charge in [-0.3, -0.25) is 9.69 Å². The highest BCUT2D eigenvalue weighted by molar-refractivity contribution is 6.30. The zero-order valence-corrected chi connectivity index (χ0v) is 19.6. The van der Waals surface area contributed by atoms with E-state index in [-0.39, 0.29) is 47.9 Å². The summed E-state index contributed by atoms with van der Waals surface area (Å²) >= 11 is 5.64. The van der Waals surface area contributed by atoms with Crippen molar-refractivity contribution in [2.45, 2.75) is 50.6 Å². The number of anilines is 1. The molecule has 35 heavy (non-hydrogen) atoms. The second kappa shape index (κ2) is 11.1.